The molecule has 106 valence electrons. The van der Waals surface area contributed by atoms with Crippen LogP contribution in [-0.2, 0) is 7.05 Å². The van der Waals surface area contributed by atoms with Gasteiger partial charge in [0.25, 0.3) is 5.01 Å². The van der Waals surface area contributed by atoms with Crippen LogP contribution in [0.3, 0.4) is 0 Å². The molecular formula is C20H16NS+. The minimum absolute atomic E-state index is 1.26. The summed E-state index contributed by atoms with van der Waals surface area (Å²) in [6.07, 6.45) is 4.43. The third-order valence-corrected chi connectivity index (χ3v) is 5.18. The molecule has 4 rings (SSSR count). The molecule has 0 atom stereocenters. The van der Waals surface area contributed by atoms with Crippen molar-refractivity contribution in [2.45, 2.75) is 0 Å². The van der Waals surface area contributed by atoms with Gasteiger partial charge in [0.05, 0.1) is 0 Å². The van der Waals surface area contributed by atoms with Crippen molar-refractivity contribution in [2.24, 2.45) is 7.05 Å². The van der Waals surface area contributed by atoms with Crippen LogP contribution in [0.2, 0.25) is 0 Å². The number of hydrogen-bond acceptors (Lipinski definition) is 1. The molecule has 0 bridgehead atoms. The molecule has 0 saturated carbocycles. The van der Waals surface area contributed by atoms with E-state index in [2.05, 4.69) is 90.5 Å². The fraction of sp³-hybridized carbons (Fsp3) is 0.0500. The van der Waals surface area contributed by atoms with Gasteiger partial charge >= 0.3 is 0 Å². The Labute approximate surface area is 133 Å². The van der Waals surface area contributed by atoms with Crippen molar-refractivity contribution in [1.82, 2.24) is 0 Å². The normalized spacial score (nSPS) is 11.7. The van der Waals surface area contributed by atoms with Crippen LogP contribution in [-0.4, -0.2) is 0 Å². The molecular weight excluding hydrogens is 286 g/mol. The topological polar surface area (TPSA) is 3.88 Å². The second kappa shape index (κ2) is 5.39. The zero-order chi connectivity index (χ0) is 14.9. The van der Waals surface area contributed by atoms with Crippen LogP contribution in [0.5, 0.6) is 0 Å². The van der Waals surface area contributed by atoms with E-state index < -0.39 is 0 Å². The Hall–Kier alpha value is -2.45. The Morgan fingerprint density at radius 3 is 2.50 bits per heavy atom. The summed E-state index contributed by atoms with van der Waals surface area (Å²) >= 11 is 1.82. The molecule has 0 aliphatic rings. The van der Waals surface area contributed by atoms with E-state index in [1.807, 2.05) is 11.3 Å². The molecule has 0 aliphatic heterocycles. The third kappa shape index (κ3) is 2.22. The average Bonchev–Trinajstić information content (AvgIpc) is 2.89. The molecule has 22 heavy (non-hydrogen) atoms. The van der Waals surface area contributed by atoms with Crippen molar-refractivity contribution in [3.63, 3.8) is 0 Å². The molecule has 0 amide bonds. The van der Waals surface area contributed by atoms with Crippen molar-refractivity contribution in [3.8, 4) is 0 Å². The van der Waals surface area contributed by atoms with Gasteiger partial charge in [0.15, 0.2) is 0 Å². The highest BCUT2D eigenvalue weighted by atomic mass is 32.1. The minimum atomic E-state index is 1.26. The zero-order valence-corrected chi connectivity index (χ0v) is 13.2. The lowest BCUT2D eigenvalue weighted by atomic mass is 10.0. The molecule has 0 unspecified atom stereocenters. The number of nitrogens with zero attached hydrogens (tertiary/aromatic N) is 1. The number of fused-ring (bicyclic) bond motifs is 2. The molecule has 4 aromatic rings. The first kappa shape index (κ1) is 13.2. The monoisotopic (exact) mass is 302 g/mol. The summed E-state index contributed by atoms with van der Waals surface area (Å²) in [4.78, 5) is 0. The first-order chi connectivity index (χ1) is 10.8. The standard InChI is InChI=1S/C20H16NS/c1-21-18-11-4-5-12-19(18)22-20(21)14-13-16-9-6-8-15-7-2-3-10-17(15)16/h2-14H,1H3/q+1/b14-13+. The highest BCUT2D eigenvalue weighted by molar-refractivity contribution is 7.18. The molecule has 0 N–H and O–H groups in total. The van der Waals surface area contributed by atoms with E-state index in [4.69, 9.17) is 0 Å². The van der Waals surface area contributed by atoms with Crippen molar-refractivity contribution < 1.29 is 4.57 Å². The molecule has 0 aliphatic carbocycles. The molecule has 2 heteroatoms. The quantitative estimate of drug-likeness (QED) is 0.456. The zero-order valence-electron chi connectivity index (χ0n) is 12.4. The summed E-state index contributed by atoms with van der Waals surface area (Å²) in [6.45, 7) is 0. The van der Waals surface area contributed by atoms with Crippen LogP contribution >= 0.6 is 11.3 Å². The van der Waals surface area contributed by atoms with Crippen LogP contribution in [0.1, 0.15) is 10.6 Å². The lowest BCUT2D eigenvalue weighted by Crippen LogP contribution is -2.28. The molecule has 0 fully saturated rings. The minimum Gasteiger partial charge on any atom is -0.185 e. The van der Waals surface area contributed by atoms with Gasteiger partial charge in [-0.15, -0.1) is 0 Å². The van der Waals surface area contributed by atoms with Gasteiger partial charge < -0.3 is 0 Å². The number of thiazole rings is 1. The van der Waals surface area contributed by atoms with E-state index in [-0.39, 0.29) is 0 Å². The predicted molar refractivity (Wildman–Crippen MR) is 95.9 cm³/mol. The second-order valence-corrected chi connectivity index (χ2v) is 6.43. The summed E-state index contributed by atoms with van der Waals surface area (Å²) in [5.41, 5.74) is 2.54. The Morgan fingerprint density at radius 1 is 0.818 bits per heavy atom. The molecule has 0 saturated heterocycles. The fourth-order valence-corrected chi connectivity index (χ4v) is 3.88. The Bertz CT molecular complexity index is 990. The van der Waals surface area contributed by atoms with Crippen LogP contribution in [0.25, 0.3) is 33.1 Å². The molecule has 1 nitrogen and oxygen atoms in total. The molecule has 1 heterocycles. The first-order valence-electron chi connectivity index (χ1n) is 7.36. The van der Waals surface area contributed by atoms with Gasteiger partial charge in [-0.05, 0) is 28.5 Å². The van der Waals surface area contributed by atoms with E-state index in [9.17, 15) is 0 Å². The maximum atomic E-state index is 2.25. The van der Waals surface area contributed by atoms with E-state index in [0.29, 0.717) is 0 Å². The van der Waals surface area contributed by atoms with Gasteiger partial charge in [0.1, 0.15) is 11.7 Å². The summed E-state index contributed by atoms with van der Waals surface area (Å²) in [6, 6.07) is 23.5. The smallest absolute Gasteiger partial charge is 0.185 e. The lowest BCUT2D eigenvalue weighted by Gasteiger charge is -2.00. The summed E-state index contributed by atoms with van der Waals surface area (Å²) < 4.78 is 3.57. The third-order valence-electron chi connectivity index (χ3n) is 4.00. The number of aromatic nitrogens is 1. The number of benzene rings is 3. The summed E-state index contributed by atoms with van der Waals surface area (Å²) in [5.74, 6) is 0. The molecule has 0 radical (unpaired) electrons. The summed E-state index contributed by atoms with van der Waals surface area (Å²) in [5, 5.41) is 3.84. The number of hydrogen-bond donors (Lipinski definition) is 0. The maximum Gasteiger partial charge on any atom is 0.262 e. The van der Waals surface area contributed by atoms with Crippen LogP contribution in [0.15, 0.2) is 66.7 Å². The van der Waals surface area contributed by atoms with Crippen LogP contribution < -0.4 is 4.57 Å². The van der Waals surface area contributed by atoms with E-state index in [1.165, 1.54) is 31.6 Å². The molecule has 1 aromatic heterocycles. The number of rotatable bonds is 2. The van der Waals surface area contributed by atoms with Crippen molar-refractivity contribution in [1.29, 1.82) is 0 Å². The Morgan fingerprint density at radius 2 is 1.59 bits per heavy atom. The van der Waals surface area contributed by atoms with Gasteiger partial charge in [-0.1, -0.05) is 65.9 Å². The van der Waals surface area contributed by atoms with Crippen LogP contribution in [0, 0.1) is 0 Å². The molecule has 3 aromatic carbocycles. The van der Waals surface area contributed by atoms with E-state index in [1.54, 1.807) is 0 Å². The average molecular weight is 302 g/mol. The highest BCUT2D eigenvalue weighted by Crippen LogP contribution is 2.23. The van der Waals surface area contributed by atoms with Crippen molar-refractivity contribution in [3.05, 3.63) is 77.3 Å². The van der Waals surface area contributed by atoms with Crippen molar-refractivity contribution >= 4 is 44.5 Å². The SMILES string of the molecule is C[n+]1c(/C=C/c2cccc3ccccc23)sc2ccccc21. The van der Waals surface area contributed by atoms with E-state index >= 15 is 0 Å². The van der Waals surface area contributed by atoms with Gasteiger partial charge in [-0.2, -0.15) is 4.57 Å². The lowest BCUT2D eigenvalue weighted by molar-refractivity contribution is -0.642. The largest absolute Gasteiger partial charge is 0.262 e. The first-order valence-corrected chi connectivity index (χ1v) is 8.18. The van der Waals surface area contributed by atoms with Gasteiger partial charge in [0.2, 0.25) is 5.52 Å². The van der Waals surface area contributed by atoms with Gasteiger partial charge in [-0.25, -0.2) is 0 Å². The summed E-state index contributed by atoms with van der Waals surface area (Å²) in [7, 11) is 2.13. The molecule has 0 spiro atoms. The number of para-hydroxylation sites is 1. The van der Waals surface area contributed by atoms with Crippen LogP contribution in [0.4, 0.5) is 0 Å². The van der Waals surface area contributed by atoms with E-state index in [0.717, 1.165) is 0 Å². The van der Waals surface area contributed by atoms with Gasteiger partial charge in [-0.3, -0.25) is 0 Å². The van der Waals surface area contributed by atoms with Gasteiger partial charge in [0, 0.05) is 12.1 Å². The van der Waals surface area contributed by atoms with Crippen molar-refractivity contribution in [2.75, 3.05) is 0 Å². The number of aryl methyl sites for hydroxylation is 1. The second-order valence-electron chi connectivity index (χ2n) is 5.37. The Kier molecular flexibility index (Phi) is 3.24. The Balaban J connectivity index is 1.81. The highest BCUT2D eigenvalue weighted by Gasteiger charge is 2.13. The fourth-order valence-electron chi connectivity index (χ4n) is 2.82. The maximum absolute atomic E-state index is 2.25. The predicted octanol–water partition coefficient (Wildman–Crippen LogP) is 5.05.